The quantitative estimate of drug-likeness (QED) is 0.842. The molecule has 2 rings (SSSR count). The van der Waals surface area contributed by atoms with Crippen LogP contribution in [0, 0.1) is 0 Å². The van der Waals surface area contributed by atoms with Gasteiger partial charge in [0.2, 0.25) is 0 Å². The zero-order valence-electron chi connectivity index (χ0n) is 10.9. The van der Waals surface area contributed by atoms with E-state index >= 15 is 0 Å². The van der Waals surface area contributed by atoms with Crippen molar-refractivity contribution in [3.05, 3.63) is 35.9 Å². The van der Waals surface area contributed by atoms with Crippen LogP contribution < -0.4 is 5.32 Å². The third-order valence-corrected chi connectivity index (χ3v) is 3.92. The average Bonchev–Trinajstić information content (AvgIpc) is 2.87. The number of rotatable bonds is 5. The summed E-state index contributed by atoms with van der Waals surface area (Å²) in [4.78, 5) is 0. The van der Waals surface area contributed by atoms with Crippen molar-refractivity contribution in [2.75, 3.05) is 13.7 Å². The minimum absolute atomic E-state index is 0.00262. The molecule has 17 heavy (non-hydrogen) atoms. The fraction of sp³-hybridized carbons (Fsp3) is 0.600. The van der Waals surface area contributed by atoms with E-state index in [1.54, 1.807) is 0 Å². The van der Waals surface area contributed by atoms with Gasteiger partial charge in [-0.3, -0.25) is 0 Å². The molecule has 2 nitrogen and oxygen atoms in total. The molecule has 1 N–H and O–H groups in total. The number of hydrogen-bond acceptors (Lipinski definition) is 2. The molecular formula is C15H23NO. The van der Waals surface area contributed by atoms with Crippen molar-refractivity contribution in [2.45, 2.75) is 44.2 Å². The van der Waals surface area contributed by atoms with Crippen LogP contribution in [-0.2, 0) is 4.74 Å². The number of likely N-dealkylation sites (N-methyl/N-ethyl adjacent to an activating group) is 1. The molecule has 0 aromatic heterocycles. The topological polar surface area (TPSA) is 21.3 Å². The number of benzene rings is 1. The standard InChI is InChI=1S/C15H23NO/c1-3-16-14(13-9-5-4-6-10-13)15(17-2)11-7-8-12-15/h4-6,9-10,14,16H,3,7-8,11-12H2,1-2H3. The molecule has 1 unspecified atom stereocenters. The summed E-state index contributed by atoms with van der Waals surface area (Å²) >= 11 is 0. The maximum Gasteiger partial charge on any atom is 0.0872 e. The van der Waals surface area contributed by atoms with Gasteiger partial charge in [-0.15, -0.1) is 0 Å². The number of ether oxygens (including phenoxy) is 1. The van der Waals surface area contributed by atoms with Crippen molar-refractivity contribution in [2.24, 2.45) is 0 Å². The van der Waals surface area contributed by atoms with Gasteiger partial charge in [-0.05, 0) is 24.9 Å². The molecule has 0 bridgehead atoms. The Balaban J connectivity index is 2.27. The smallest absolute Gasteiger partial charge is 0.0872 e. The van der Waals surface area contributed by atoms with Gasteiger partial charge in [-0.25, -0.2) is 0 Å². The van der Waals surface area contributed by atoms with Crippen LogP contribution in [0.25, 0.3) is 0 Å². The van der Waals surface area contributed by atoms with E-state index in [2.05, 4.69) is 42.6 Å². The third kappa shape index (κ3) is 2.53. The van der Waals surface area contributed by atoms with Gasteiger partial charge in [-0.2, -0.15) is 0 Å². The van der Waals surface area contributed by atoms with Crippen LogP contribution in [-0.4, -0.2) is 19.3 Å². The van der Waals surface area contributed by atoms with E-state index in [1.807, 2.05) is 7.11 Å². The Bertz CT molecular complexity index is 330. The summed E-state index contributed by atoms with van der Waals surface area (Å²) in [5.74, 6) is 0. The Morgan fingerprint density at radius 3 is 2.41 bits per heavy atom. The van der Waals surface area contributed by atoms with Crippen LogP contribution in [0.2, 0.25) is 0 Å². The lowest BCUT2D eigenvalue weighted by Gasteiger charge is -2.37. The fourth-order valence-electron chi connectivity index (χ4n) is 3.04. The molecule has 1 aliphatic rings. The average molecular weight is 233 g/mol. The summed E-state index contributed by atoms with van der Waals surface area (Å²) in [7, 11) is 1.86. The van der Waals surface area contributed by atoms with Gasteiger partial charge in [0.1, 0.15) is 0 Å². The first-order valence-electron chi connectivity index (χ1n) is 6.66. The number of hydrogen-bond donors (Lipinski definition) is 1. The summed E-state index contributed by atoms with van der Waals surface area (Å²) < 4.78 is 5.91. The van der Waals surface area contributed by atoms with Crippen molar-refractivity contribution < 1.29 is 4.74 Å². The minimum atomic E-state index is -0.00262. The summed E-state index contributed by atoms with van der Waals surface area (Å²) in [5.41, 5.74) is 1.34. The van der Waals surface area contributed by atoms with Crippen LogP contribution in [0.3, 0.4) is 0 Å². The Labute approximate surface area is 104 Å². The minimum Gasteiger partial charge on any atom is -0.376 e. The molecule has 1 fully saturated rings. The Morgan fingerprint density at radius 1 is 1.24 bits per heavy atom. The van der Waals surface area contributed by atoms with Crippen molar-refractivity contribution >= 4 is 0 Å². The molecule has 1 aliphatic carbocycles. The maximum atomic E-state index is 5.91. The highest BCUT2D eigenvalue weighted by atomic mass is 16.5. The van der Waals surface area contributed by atoms with Crippen molar-refractivity contribution in [3.63, 3.8) is 0 Å². The zero-order chi connectivity index (χ0) is 12.1. The van der Waals surface area contributed by atoms with Crippen LogP contribution >= 0.6 is 0 Å². The first-order chi connectivity index (χ1) is 8.32. The normalized spacial score (nSPS) is 20.4. The second-order valence-electron chi connectivity index (χ2n) is 4.88. The molecule has 1 saturated carbocycles. The highest BCUT2D eigenvalue weighted by Crippen LogP contribution is 2.42. The van der Waals surface area contributed by atoms with Crippen LogP contribution in [0.1, 0.15) is 44.2 Å². The molecule has 0 radical (unpaired) electrons. The van der Waals surface area contributed by atoms with E-state index in [4.69, 9.17) is 4.74 Å². The van der Waals surface area contributed by atoms with Crippen LogP contribution in [0.15, 0.2) is 30.3 Å². The SMILES string of the molecule is CCNC(c1ccccc1)C1(OC)CCCC1. The molecule has 0 aliphatic heterocycles. The highest BCUT2D eigenvalue weighted by Gasteiger charge is 2.41. The Kier molecular flexibility index (Phi) is 4.19. The molecule has 0 saturated heterocycles. The van der Waals surface area contributed by atoms with E-state index in [0.717, 1.165) is 19.4 Å². The molecule has 2 heteroatoms. The summed E-state index contributed by atoms with van der Waals surface area (Å²) in [6.45, 7) is 3.14. The molecule has 0 heterocycles. The lowest BCUT2D eigenvalue weighted by atomic mass is 9.86. The first-order valence-corrected chi connectivity index (χ1v) is 6.66. The maximum absolute atomic E-state index is 5.91. The molecule has 0 amide bonds. The van der Waals surface area contributed by atoms with Gasteiger partial charge in [0, 0.05) is 7.11 Å². The Morgan fingerprint density at radius 2 is 1.88 bits per heavy atom. The van der Waals surface area contributed by atoms with Gasteiger partial charge in [-0.1, -0.05) is 50.1 Å². The summed E-state index contributed by atoms with van der Waals surface area (Å²) in [6, 6.07) is 11.0. The largest absolute Gasteiger partial charge is 0.376 e. The molecule has 1 aromatic rings. The van der Waals surface area contributed by atoms with Crippen molar-refractivity contribution in [1.82, 2.24) is 5.32 Å². The monoisotopic (exact) mass is 233 g/mol. The van der Waals surface area contributed by atoms with E-state index < -0.39 is 0 Å². The highest BCUT2D eigenvalue weighted by molar-refractivity contribution is 5.23. The number of methoxy groups -OCH3 is 1. The van der Waals surface area contributed by atoms with Crippen LogP contribution in [0.4, 0.5) is 0 Å². The number of nitrogens with one attached hydrogen (secondary N) is 1. The first kappa shape index (κ1) is 12.6. The molecule has 1 aromatic carbocycles. The molecule has 94 valence electrons. The summed E-state index contributed by atoms with van der Waals surface area (Å²) in [6.07, 6.45) is 4.89. The molecular weight excluding hydrogens is 210 g/mol. The van der Waals surface area contributed by atoms with Crippen molar-refractivity contribution in [3.8, 4) is 0 Å². The van der Waals surface area contributed by atoms with E-state index in [9.17, 15) is 0 Å². The second-order valence-corrected chi connectivity index (χ2v) is 4.88. The third-order valence-electron chi connectivity index (χ3n) is 3.92. The van der Waals surface area contributed by atoms with E-state index in [0.29, 0.717) is 6.04 Å². The van der Waals surface area contributed by atoms with Gasteiger partial charge in [0.25, 0.3) is 0 Å². The molecule has 0 spiro atoms. The zero-order valence-corrected chi connectivity index (χ0v) is 10.9. The predicted octanol–water partition coefficient (Wildman–Crippen LogP) is 3.30. The Hall–Kier alpha value is -0.860. The van der Waals surface area contributed by atoms with Crippen LogP contribution in [0.5, 0.6) is 0 Å². The molecule has 1 atom stereocenters. The lowest BCUT2D eigenvalue weighted by molar-refractivity contribution is -0.0364. The fourth-order valence-corrected chi connectivity index (χ4v) is 3.04. The lowest BCUT2D eigenvalue weighted by Crippen LogP contribution is -2.43. The van der Waals surface area contributed by atoms with Gasteiger partial charge >= 0.3 is 0 Å². The van der Waals surface area contributed by atoms with Crippen molar-refractivity contribution in [1.29, 1.82) is 0 Å². The predicted molar refractivity (Wildman–Crippen MR) is 71.1 cm³/mol. The van der Waals surface area contributed by atoms with Gasteiger partial charge in [0.15, 0.2) is 0 Å². The van der Waals surface area contributed by atoms with E-state index in [1.165, 1.54) is 18.4 Å². The second kappa shape index (κ2) is 5.65. The van der Waals surface area contributed by atoms with E-state index in [-0.39, 0.29) is 5.60 Å². The van der Waals surface area contributed by atoms with Gasteiger partial charge in [0.05, 0.1) is 11.6 Å². The van der Waals surface area contributed by atoms with Gasteiger partial charge < -0.3 is 10.1 Å². The summed E-state index contributed by atoms with van der Waals surface area (Å²) in [5, 5.41) is 3.61.